The fraction of sp³-hybridized carbons (Fsp3) is 0.652. The van der Waals surface area contributed by atoms with Crippen LogP contribution in [-0.4, -0.2) is 34.5 Å². The van der Waals surface area contributed by atoms with Gasteiger partial charge in [-0.2, -0.15) is 5.06 Å². The average Bonchev–Trinajstić information content (AvgIpc) is 2.73. The Morgan fingerprint density at radius 2 is 1.90 bits per heavy atom. The zero-order valence-corrected chi connectivity index (χ0v) is 19.0. The third-order valence-corrected chi connectivity index (χ3v) is 6.53. The van der Waals surface area contributed by atoms with Gasteiger partial charge in [0.05, 0.1) is 11.3 Å². The number of hydroxylamine groups is 2. The molecule has 1 amide bonds. The summed E-state index contributed by atoms with van der Waals surface area (Å²) in [6.45, 7) is 15.3. The van der Waals surface area contributed by atoms with Crippen LogP contribution < -0.4 is 5.32 Å². The summed E-state index contributed by atoms with van der Waals surface area (Å²) >= 11 is 0. The van der Waals surface area contributed by atoms with Gasteiger partial charge in [0.25, 0.3) is 0 Å². The zero-order valence-electron chi connectivity index (χ0n) is 19.0. The fourth-order valence-corrected chi connectivity index (χ4v) is 4.06. The molecule has 1 aromatic carbocycles. The Hall–Kier alpha value is -1.92. The van der Waals surface area contributed by atoms with Gasteiger partial charge < -0.3 is 5.32 Å². The van der Waals surface area contributed by atoms with E-state index >= 15 is 0 Å². The van der Waals surface area contributed by atoms with Crippen molar-refractivity contribution in [2.45, 2.75) is 84.9 Å². The second kappa shape index (κ2) is 9.72. The maximum absolute atomic E-state index is 11.7. The van der Waals surface area contributed by atoms with Gasteiger partial charge in [-0.05, 0) is 46.1 Å². The summed E-state index contributed by atoms with van der Waals surface area (Å²) < 4.78 is 0. The van der Waals surface area contributed by atoms with Gasteiger partial charge in [0.15, 0.2) is 0 Å². The monoisotopic (exact) mass is 403 g/mol. The molecule has 162 valence electrons. The van der Waals surface area contributed by atoms with Gasteiger partial charge >= 0.3 is 6.09 Å². The second-order valence-corrected chi connectivity index (χ2v) is 8.40. The Kier molecular flexibility index (Phi) is 7.83. The lowest BCUT2D eigenvalue weighted by Gasteiger charge is -2.57. The van der Waals surface area contributed by atoms with E-state index < -0.39 is 6.09 Å². The van der Waals surface area contributed by atoms with E-state index in [0.717, 1.165) is 24.1 Å². The van der Waals surface area contributed by atoms with Crippen LogP contribution in [0.2, 0.25) is 0 Å². The van der Waals surface area contributed by atoms with Gasteiger partial charge in [-0.15, -0.1) is 0 Å². The highest BCUT2D eigenvalue weighted by Crippen LogP contribution is 2.46. The number of amides is 1. The van der Waals surface area contributed by atoms with Gasteiger partial charge in [0.2, 0.25) is 0 Å². The smallest absolute Gasteiger partial charge is 0.320 e. The number of nitrogens with one attached hydrogen (secondary N) is 1. The number of nitrogens with zero attached hydrogens (tertiary/aromatic N) is 2. The van der Waals surface area contributed by atoms with Crippen molar-refractivity contribution in [2.24, 2.45) is 11.1 Å². The molecule has 1 aromatic rings. The van der Waals surface area contributed by atoms with Crippen molar-refractivity contribution in [1.82, 2.24) is 10.4 Å². The van der Waals surface area contributed by atoms with Gasteiger partial charge in [0.1, 0.15) is 6.10 Å². The lowest BCUT2D eigenvalue weighted by atomic mass is 9.70. The van der Waals surface area contributed by atoms with Crippen molar-refractivity contribution in [2.75, 3.05) is 6.54 Å². The number of carbonyl (C=O) groups excluding carboxylic acids is 1. The van der Waals surface area contributed by atoms with E-state index in [4.69, 9.17) is 9.68 Å². The Labute approximate surface area is 175 Å². The van der Waals surface area contributed by atoms with Crippen molar-refractivity contribution in [1.29, 1.82) is 0 Å². The summed E-state index contributed by atoms with van der Waals surface area (Å²) in [6.07, 6.45) is 1.87. The number of carbonyl (C=O) groups is 1. The predicted octanol–water partition coefficient (Wildman–Crippen LogP) is 5.46. The molecular weight excluding hydrogens is 366 g/mol. The van der Waals surface area contributed by atoms with Crippen LogP contribution in [0.15, 0.2) is 35.5 Å². The first kappa shape index (κ1) is 23.4. The molecule has 4 unspecified atom stereocenters. The summed E-state index contributed by atoms with van der Waals surface area (Å²) in [5.74, 6) is 0.0736. The van der Waals surface area contributed by atoms with Gasteiger partial charge in [-0.3, -0.25) is 9.68 Å². The highest BCUT2D eigenvalue weighted by atomic mass is 16.7. The number of benzene rings is 1. The quantitative estimate of drug-likeness (QED) is 0.485. The molecule has 1 aliphatic heterocycles. The van der Waals surface area contributed by atoms with Crippen molar-refractivity contribution in [3.63, 3.8) is 0 Å². The molecule has 0 aliphatic carbocycles. The number of oxime groups is 1. The molecule has 1 aliphatic rings. The SMILES string of the molecule is CCNC(=O)ON=C1CC(C)(CC)N(OC(C)c2ccccc2)C(C)(CC)C1C. The molecule has 6 nitrogen and oxygen atoms in total. The normalized spacial score (nSPS) is 30.2. The topological polar surface area (TPSA) is 63.2 Å². The molecule has 29 heavy (non-hydrogen) atoms. The first-order valence-corrected chi connectivity index (χ1v) is 10.8. The average molecular weight is 404 g/mol. The van der Waals surface area contributed by atoms with Gasteiger partial charge in [0, 0.05) is 24.4 Å². The zero-order chi connectivity index (χ0) is 21.7. The summed E-state index contributed by atoms with van der Waals surface area (Å²) in [6, 6.07) is 10.3. The van der Waals surface area contributed by atoms with Crippen LogP contribution in [0.1, 0.15) is 79.4 Å². The lowest BCUT2D eigenvalue weighted by Crippen LogP contribution is -2.66. The van der Waals surface area contributed by atoms with Crippen molar-refractivity contribution < 1.29 is 14.5 Å². The van der Waals surface area contributed by atoms with Crippen LogP contribution in [0.25, 0.3) is 0 Å². The minimum Gasteiger partial charge on any atom is -0.320 e. The summed E-state index contributed by atoms with van der Waals surface area (Å²) in [4.78, 5) is 23.5. The van der Waals surface area contributed by atoms with E-state index in [9.17, 15) is 4.79 Å². The van der Waals surface area contributed by atoms with Crippen LogP contribution in [0.5, 0.6) is 0 Å². The fourth-order valence-electron chi connectivity index (χ4n) is 4.06. The standard InChI is InChI=1S/C23H37N3O3/c1-8-22(6)16-20(25-28-21(27)24-10-3)17(4)23(7,9-2)26(22)29-18(5)19-14-12-11-13-15-19/h11-15,17-18H,8-10,16H2,1-7H3,(H,24,27). The summed E-state index contributed by atoms with van der Waals surface area (Å²) in [7, 11) is 0. The maximum Gasteiger partial charge on any atom is 0.433 e. The van der Waals surface area contributed by atoms with Crippen LogP contribution >= 0.6 is 0 Å². The largest absolute Gasteiger partial charge is 0.433 e. The van der Waals surface area contributed by atoms with Crippen LogP contribution in [-0.2, 0) is 9.68 Å². The number of piperidine rings is 1. The summed E-state index contributed by atoms with van der Waals surface area (Å²) in [5.41, 5.74) is 1.51. The molecular formula is C23H37N3O3. The van der Waals surface area contributed by atoms with Crippen LogP contribution in [0, 0.1) is 5.92 Å². The van der Waals surface area contributed by atoms with Crippen molar-refractivity contribution in [3.8, 4) is 0 Å². The van der Waals surface area contributed by atoms with Crippen LogP contribution in [0.3, 0.4) is 0 Å². The van der Waals surface area contributed by atoms with Gasteiger partial charge in [-0.1, -0.05) is 56.3 Å². The number of rotatable bonds is 7. The van der Waals surface area contributed by atoms with E-state index in [0.29, 0.717) is 13.0 Å². The third-order valence-electron chi connectivity index (χ3n) is 6.53. The van der Waals surface area contributed by atoms with Crippen molar-refractivity contribution >= 4 is 11.8 Å². The van der Waals surface area contributed by atoms with Crippen molar-refractivity contribution in [3.05, 3.63) is 35.9 Å². The van der Waals surface area contributed by atoms with Gasteiger partial charge in [-0.25, -0.2) is 4.79 Å². The number of hydrogen-bond donors (Lipinski definition) is 1. The third kappa shape index (κ3) is 4.98. The molecule has 0 saturated carbocycles. The highest BCUT2D eigenvalue weighted by molar-refractivity contribution is 5.89. The molecule has 0 bridgehead atoms. The first-order chi connectivity index (χ1) is 13.7. The second-order valence-electron chi connectivity index (χ2n) is 8.40. The van der Waals surface area contributed by atoms with E-state index in [2.05, 4.69) is 69.2 Å². The molecule has 6 heteroatoms. The Morgan fingerprint density at radius 3 is 2.45 bits per heavy atom. The molecule has 2 rings (SSSR count). The predicted molar refractivity (Wildman–Crippen MR) is 117 cm³/mol. The number of hydrogen-bond acceptors (Lipinski definition) is 5. The maximum atomic E-state index is 11.7. The molecule has 1 fully saturated rings. The molecule has 0 radical (unpaired) electrons. The lowest BCUT2D eigenvalue weighted by molar-refractivity contribution is -0.310. The Balaban J connectivity index is 2.34. The summed E-state index contributed by atoms with van der Waals surface area (Å²) in [5, 5.41) is 9.08. The minimum absolute atomic E-state index is 0.0646. The highest BCUT2D eigenvalue weighted by Gasteiger charge is 2.53. The Morgan fingerprint density at radius 1 is 1.24 bits per heavy atom. The first-order valence-electron chi connectivity index (χ1n) is 10.8. The van der Waals surface area contributed by atoms with E-state index in [-0.39, 0.29) is 23.1 Å². The van der Waals surface area contributed by atoms with E-state index in [1.165, 1.54) is 0 Å². The molecule has 0 spiro atoms. The van der Waals surface area contributed by atoms with E-state index in [1.54, 1.807) is 0 Å². The molecule has 4 atom stereocenters. The molecule has 1 heterocycles. The molecule has 1 saturated heterocycles. The van der Waals surface area contributed by atoms with Crippen LogP contribution in [0.4, 0.5) is 4.79 Å². The molecule has 1 N–H and O–H groups in total. The minimum atomic E-state index is -0.514. The Bertz CT molecular complexity index is 709. The molecule has 0 aromatic heterocycles. The van der Waals surface area contributed by atoms with E-state index in [1.807, 2.05) is 25.1 Å².